The monoisotopic (exact) mass is 308 g/mol. The van der Waals surface area contributed by atoms with Crippen molar-refractivity contribution in [2.24, 2.45) is 4.40 Å². The quantitative estimate of drug-likeness (QED) is 0.861. The van der Waals surface area contributed by atoms with Crippen molar-refractivity contribution in [1.29, 1.82) is 0 Å². The van der Waals surface area contributed by atoms with Crippen molar-refractivity contribution in [2.45, 2.75) is 32.1 Å². The molecule has 0 bridgehead atoms. The van der Waals surface area contributed by atoms with E-state index in [1.807, 2.05) is 39.0 Å². The summed E-state index contributed by atoms with van der Waals surface area (Å²) in [6.45, 7) is 9.44. The Morgan fingerprint density at radius 2 is 2.00 bits per heavy atom. The number of benzene rings is 1. The number of ether oxygens (including phenoxy) is 1. The third kappa shape index (κ3) is 5.34. The van der Waals surface area contributed by atoms with Crippen LogP contribution in [0.1, 0.15) is 26.3 Å². The van der Waals surface area contributed by atoms with E-state index in [0.717, 1.165) is 25.3 Å². The van der Waals surface area contributed by atoms with E-state index in [2.05, 4.69) is 21.4 Å². The molecular weight excluding hydrogens is 284 g/mol. The second-order valence-electron chi connectivity index (χ2n) is 6.27. The molecule has 0 N–H and O–H groups in total. The van der Waals surface area contributed by atoms with Crippen LogP contribution in [0, 0.1) is 0 Å². The number of hydrogen-bond acceptors (Lipinski definition) is 3. The van der Waals surface area contributed by atoms with Crippen molar-refractivity contribution < 1.29 is 8.95 Å². The van der Waals surface area contributed by atoms with Crippen LogP contribution in [0.4, 0.5) is 0 Å². The van der Waals surface area contributed by atoms with E-state index >= 15 is 0 Å². The smallest absolute Gasteiger partial charge is 0.144 e. The zero-order chi connectivity index (χ0) is 15.3. The lowest BCUT2D eigenvalue weighted by Gasteiger charge is -2.20. The summed E-state index contributed by atoms with van der Waals surface area (Å²) in [7, 11) is -1.22. The van der Waals surface area contributed by atoms with Crippen LogP contribution in [0.25, 0.3) is 0 Å². The molecule has 2 rings (SSSR count). The fourth-order valence-corrected chi connectivity index (χ4v) is 2.67. The van der Waals surface area contributed by atoms with Gasteiger partial charge in [0.2, 0.25) is 0 Å². The molecule has 5 heteroatoms. The molecule has 0 aliphatic carbocycles. The Hall–Kier alpha value is -1.04. The second kappa shape index (κ2) is 7.29. The van der Waals surface area contributed by atoms with Crippen molar-refractivity contribution in [1.82, 2.24) is 4.90 Å². The maximum absolute atomic E-state index is 12.2. The first-order valence-corrected chi connectivity index (χ1v) is 8.38. The van der Waals surface area contributed by atoms with Crippen LogP contribution >= 0.6 is 0 Å². The van der Waals surface area contributed by atoms with E-state index in [0.29, 0.717) is 13.2 Å². The molecule has 4 nitrogen and oxygen atoms in total. The van der Waals surface area contributed by atoms with Crippen LogP contribution in [-0.4, -0.2) is 45.9 Å². The van der Waals surface area contributed by atoms with Gasteiger partial charge in [0.25, 0.3) is 0 Å². The maximum atomic E-state index is 12.2. The highest BCUT2D eigenvalue weighted by Gasteiger charge is 2.21. The summed E-state index contributed by atoms with van der Waals surface area (Å²) in [5.74, 6) is 0. The van der Waals surface area contributed by atoms with Gasteiger partial charge in [0.1, 0.15) is 11.0 Å². The van der Waals surface area contributed by atoms with Gasteiger partial charge < -0.3 is 4.74 Å². The lowest BCUT2D eigenvalue weighted by atomic mass is 10.2. The summed E-state index contributed by atoms with van der Waals surface area (Å²) in [6, 6.07) is 10.4. The predicted molar refractivity (Wildman–Crippen MR) is 87.9 cm³/mol. The van der Waals surface area contributed by atoms with Crippen LogP contribution in [0.15, 0.2) is 34.7 Å². The molecule has 1 heterocycles. The van der Waals surface area contributed by atoms with Gasteiger partial charge in [-0.25, -0.2) is 4.21 Å². The Bertz CT molecular complexity index is 509. The van der Waals surface area contributed by atoms with Crippen LogP contribution in [0.5, 0.6) is 0 Å². The van der Waals surface area contributed by atoms with Gasteiger partial charge >= 0.3 is 0 Å². The van der Waals surface area contributed by atoms with Gasteiger partial charge in [-0.2, -0.15) is 4.40 Å². The molecule has 1 aliphatic rings. The highest BCUT2D eigenvalue weighted by Crippen LogP contribution is 2.14. The van der Waals surface area contributed by atoms with E-state index < -0.39 is 11.0 Å². The number of nitrogens with zero attached hydrogens (tertiary/aromatic N) is 2. The van der Waals surface area contributed by atoms with Crippen LogP contribution < -0.4 is 0 Å². The minimum Gasteiger partial charge on any atom is -0.374 e. The lowest BCUT2D eigenvalue weighted by Crippen LogP contribution is -2.31. The minimum absolute atomic E-state index is 0.330. The first-order chi connectivity index (χ1) is 9.95. The SMILES string of the molecule is CC(C)(C)S(=O)/N=C1\COCCN(Cc2ccccc2)C1. The minimum atomic E-state index is -1.22. The summed E-state index contributed by atoms with van der Waals surface area (Å²) >= 11 is 0. The Morgan fingerprint density at radius 1 is 1.29 bits per heavy atom. The van der Waals surface area contributed by atoms with Crippen molar-refractivity contribution in [3.63, 3.8) is 0 Å². The molecule has 0 aromatic heterocycles. The van der Waals surface area contributed by atoms with Crippen molar-refractivity contribution >= 4 is 16.7 Å². The Kier molecular flexibility index (Phi) is 5.67. The molecule has 0 spiro atoms. The van der Waals surface area contributed by atoms with Crippen LogP contribution in [0.2, 0.25) is 0 Å². The van der Waals surface area contributed by atoms with Crippen molar-refractivity contribution in [3.05, 3.63) is 35.9 Å². The molecule has 1 fully saturated rings. The normalized spacial score (nSPS) is 21.2. The predicted octanol–water partition coefficient (Wildman–Crippen LogP) is 2.42. The molecule has 1 aromatic rings. The van der Waals surface area contributed by atoms with Gasteiger partial charge in [0, 0.05) is 19.6 Å². The van der Waals surface area contributed by atoms with E-state index in [9.17, 15) is 4.21 Å². The highest BCUT2D eigenvalue weighted by molar-refractivity contribution is 7.85. The molecule has 1 aromatic carbocycles. The lowest BCUT2D eigenvalue weighted by molar-refractivity contribution is 0.153. The zero-order valence-electron chi connectivity index (χ0n) is 13.0. The Morgan fingerprint density at radius 3 is 2.67 bits per heavy atom. The number of rotatable bonds is 3. The van der Waals surface area contributed by atoms with Crippen molar-refractivity contribution in [2.75, 3.05) is 26.3 Å². The molecule has 1 unspecified atom stereocenters. The molecule has 0 saturated carbocycles. The molecular formula is C16H24N2O2S. The van der Waals surface area contributed by atoms with Gasteiger partial charge in [-0.1, -0.05) is 30.3 Å². The Labute approximate surface area is 129 Å². The van der Waals surface area contributed by atoms with Gasteiger partial charge in [-0.3, -0.25) is 4.90 Å². The van der Waals surface area contributed by atoms with E-state index in [4.69, 9.17) is 4.74 Å². The third-order valence-corrected chi connectivity index (χ3v) is 4.68. The van der Waals surface area contributed by atoms with E-state index in [1.54, 1.807) is 0 Å². The fraction of sp³-hybridized carbons (Fsp3) is 0.562. The molecule has 1 saturated heterocycles. The molecule has 0 amide bonds. The van der Waals surface area contributed by atoms with Crippen LogP contribution in [0.3, 0.4) is 0 Å². The molecule has 1 aliphatic heterocycles. The Balaban J connectivity index is 2.04. The van der Waals surface area contributed by atoms with Crippen molar-refractivity contribution in [3.8, 4) is 0 Å². The molecule has 1 atom stereocenters. The second-order valence-corrected chi connectivity index (χ2v) is 8.17. The first kappa shape index (κ1) is 16.3. The third-order valence-electron chi connectivity index (χ3n) is 3.21. The summed E-state index contributed by atoms with van der Waals surface area (Å²) in [6.07, 6.45) is 0. The topological polar surface area (TPSA) is 41.9 Å². The number of hydrogen-bond donors (Lipinski definition) is 0. The van der Waals surface area contributed by atoms with Crippen LogP contribution in [-0.2, 0) is 22.3 Å². The maximum Gasteiger partial charge on any atom is 0.144 e. The average molecular weight is 308 g/mol. The van der Waals surface area contributed by atoms with E-state index in [1.165, 1.54) is 5.56 Å². The highest BCUT2D eigenvalue weighted by atomic mass is 32.2. The first-order valence-electron chi connectivity index (χ1n) is 7.27. The summed E-state index contributed by atoms with van der Waals surface area (Å²) < 4.78 is 21.8. The summed E-state index contributed by atoms with van der Waals surface area (Å²) in [5.41, 5.74) is 2.15. The fourth-order valence-electron chi connectivity index (χ4n) is 2.05. The zero-order valence-corrected chi connectivity index (χ0v) is 13.9. The standard InChI is InChI=1S/C16H24N2O2S/c1-16(2,3)21(19)17-15-12-18(9-10-20-13-15)11-14-7-5-4-6-8-14/h4-8H,9-13H2,1-3H3/b17-15-. The van der Waals surface area contributed by atoms with Gasteiger partial charge in [-0.05, 0) is 26.3 Å². The van der Waals surface area contributed by atoms with Gasteiger partial charge in [-0.15, -0.1) is 0 Å². The summed E-state index contributed by atoms with van der Waals surface area (Å²) in [5, 5.41) is 0. The van der Waals surface area contributed by atoms with Gasteiger partial charge in [0.05, 0.1) is 23.7 Å². The molecule has 116 valence electrons. The largest absolute Gasteiger partial charge is 0.374 e. The summed E-state index contributed by atoms with van der Waals surface area (Å²) in [4.78, 5) is 2.29. The van der Waals surface area contributed by atoms with E-state index in [-0.39, 0.29) is 4.75 Å². The molecule has 0 radical (unpaired) electrons. The van der Waals surface area contributed by atoms with Gasteiger partial charge in [0.15, 0.2) is 0 Å². The molecule has 21 heavy (non-hydrogen) atoms. The average Bonchev–Trinajstić information content (AvgIpc) is 2.64.